The van der Waals surface area contributed by atoms with Gasteiger partial charge in [0.05, 0.1) is 6.54 Å². The lowest BCUT2D eigenvalue weighted by Crippen LogP contribution is -2.35. The molecule has 10 nitrogen and oxygen atoms in total. The summed E-state index contributed by atoms with van der Waals surface area (Å²) in [5.74, 6) is 1.46. The van der Waals surface area contributed by atoms with Gasteiger partial charge in [-0.15, -0.1) is 6.58 Å². The number of rotatable bonds is 9. The number of halogens is 3. The molecule has 1 saturated heterocycles. The smallest absolute Gasteiger partial charge is 0.422 e. The van der Waals surface area contributed by atoms with Gasteiger partial charge in [0.2, 0.25) is 5.95 Å². The minimum absolute atomic E-state index is 0.0774. The van der Waals surface area contributed by atoms with Crippen molar-refractivity contribution in [2.24, 2.45) is 0 Å². The summed E-state index contributed by atoms with van der Waals surface area (Å²) in [5, 5.41) is 10.1. The largest absolute Gasteiger partial charge is 0.484 e. The third kappa shape index (κ3) is 6.20. The molecule has 0 saturated carbocycles. The van der Waals surface area contributed by atoms with E-state index in [1.807, 2.05) is 12.1 Å². The van der Waals surface area contributed by atoms with Crippen LogP contribution in [0.4, 0.5) is 30.6 Å². The maximum atomic E-state index is 13.2. The number of allylic oxidation sites excluding steroid dienone is 1. The summed E-state index contributed by atoms with van der Waals surface area (Å²) in [6, 6.07) is 11.8. The highest BCUT2D eigenvalue weighted by molar-refractivity contribution is 5.77. The van der Waals surface area contributed by atoms with Gasteiger partial charge in [-0.3, -0.25) is 4.79 Å². The number of nitrogens with one attached hydrogen (secondary N) is 3. The third-order valence-corrected chi connectivity index (χ3v) is 6.13. The second kappa shape index (κ2) is 11.2. The number of pyridine rings is 1. The Labute approximate surface area is 221 Å². The molecule has 0 atom stereocenters. The number of anilines is 3. The standard InChI is InChI=1S/C26H27F3N8O2/c1-2-14-36-24(38)20-15-31-25(33-17-6-8-19(9-7-17)39-16-26(27,28)29)35-23(20)37(36)22-5-3-4-21(34-22)32-18-10-12-30-13-11-18/h2-9,15,18,30H,1,10-14,16H2,(H,32,34)(H,31,33,35). The van der Waals surface area contributed by atoms with Crippen LogP contribution in [-0.4, -0.2) is 56.2 Å². The Morgan fingerprint density at radius 2 is 1.90 bits per heavy atom. The highest BCUT2D eigenvalue weighted by Crippen LogP contribution is 2.23. The van der Waals surface area contributed by atoms with Gasteiger partial charge in [-0.05, 0) is 62.3 Å². The van der Waals surface area contributed by atoms with Crippen molar-refractivity contribution in [3.8, 4) is 11.6 Å². The maximum absolute atomic E-state index is 13.2. The van der Waals surface area contributed by atoms with Gasteiger partial charge in [0, 0.05) is 17.9 Å². The third-order valence-electron chi connectivity index (χ3n) is 6.13. The van der Waals surface area contributed by atoms with Crippen LogP contribution < -0.4 is 26.2 Å². The van der Waals surface area contributed by atoms with E-state index < -0.39 is 12.8 Å². The second-order valence-electron chi connectivity index (χ2n) is 9.02. The van der Waals surface area contributed by atoms with Gasteiger partial charge in [-0.25, -0.2) is 19.3 Å². The zero-order valence-electron chi connectivity index (χ0n) is 20.9. The summed E-state index contributed by atoms with van der Waals surface area (Å²) in [7, 11) is 0. The summed E-state index contributed by atoms with van der Waals surface area (Å²) < 4.78 is 45.1. The quantitative estimate of drug-likeness (QED) is 0.273. The van der Waals surface area contributed by atoms with Crippen LogP contribution in [0.3, 0.4) is 0 Å². The van der Waals surface area contributed by atoms with Crippen LogP contribution in [0.5, 0.6) is 5.75 Å². The molecule has 1 aliphatic rings. The Bertz CT molecular complexity index is 1510. The Balaban J connectivity index is 1.45. The van der Waals surface area contributed by atoms with Crippen LogP contribution in [0.25, 0.3) is 16.9 Å². The SMILES string of the molecule is C=CCn1c(=O)c2cnc(Nc3ccc(OCC(F)(F)F)cc3)nc2n1-c1cccc(NC2CCNCC2)n1. The van der Waals surface area contributed by atoms with Crippen molar-refractivity contribution >= 4 is 28.5 Å². The first-order valence-electron chi connectivity index (χ1n) is 12.4. The predicted octanol–water partition coefficient (Wildman–Crippen LogP) is 4.01. The number of alkyl halides is 3. The number of ether oxygens (including phenoxy) is 1. The second-order valence-corrected chi connectivity index (χ2v) is 9.02. The Hall–Kier alpha value is -4.39. The molecule has 5 rings (SSSR count). The van der Waals surface area contributed by atoms with E-state index in [9.17, 15) is 18.0 Å². The van der Waals surface area contributed by atoms with Crippen molar-refractivity contribution in [3.05, 3.63) is 71.7 Å². The van der Waals surface area contributed by atoms with E-state index in [1.54, 1.807) is 29.0 Å². The first-order valence-corrected chi connectivity index (χ1v) is 12.4. The minimum Gasteiger partial charge on any atom is -0.484 e. The normalized spacial score (nSPS) is 14.3. The fourth-order valence-electron chi connectivity index (χ4n) is 4.33. The van der Waals surface area contributed by atoms with E-state index in [-0.39, 0.29) is 23.8 Å². The van der Waals surface area contributed by atoms with Crippen LogP contribution in [0.1, 0.15) is 12.8 Å². The Morgan fingerprint density at radius 1 is 1.13 bits per heavy atom. The maximum Gasteiger partial charge on any atom is 0.422 e. The number of hydrogen-bond acceptors (Lipinski definition) is 8. The molecular formula is C26H27F3N8O2. The molecule has 13 heteroatoms. The molecule has 204 valence electrons. The zero-order chi connectivity index (χ0) is 27.4. The average Bonchev–Trinajstić information content (AvgIpc) is 3.19. The van der Waals surface area contributed by atoms with E-state index in [4.69, 9.17) is 9.72 Å². The lowest BCUT2D eigenvalue weighted by atomic mass is 10.1. The van der Waals surface area contributed by atoms with Gasteiger partial charge < -0.3 is 20.7 Å². The molecular weight excluding hydrogens is 513 g/mol. The van der Waals surface area contributed by atoms with Gasteiger partial charge in [-0.1, -0.05) is 12.1 Å². The average molecular weight is 541 g/mol. The Kier molecular flexibility index (Phi) is 7.50. The molecule has 39 heavy (non-hydrogen) atoms. The van der Waals surface area contributed by atoms with Crippen molar-refractivity contribution in [1.29, 1.82) is 0 Å². The summed E-state index contributed by atoms with van der Waals surface area (Å²) in [6.07, 6.45) is 0.591. The van der Waals surface area contributed by atoms with Gasteiger partial charge in [0.1, 0.15) is 17.0 Å². The summed E-state index contributed by atoms with van der Waals surface area (Å²) >= 11 is 0. The van der Waals surface area contributed by atoms with Crippen LogP contribution >= 0.6 is 0 Å². The first-order chi connectivity index (χ1) is 18.8. The van der Waals surface area contributed by atoms with Crippen molar-refractivity contribution in [1.82, 2.24) is 29.6 Å². The molecule has 4 aromatic rings. The highest BCUT2D eigenvalue weighted by Gasteiger charge is 2.28. The van der Waals surface area contributed by atoms with Crippen molar-refractivity contribution in [2.75, 3.05) is 30.3 Å². The van der Waals surface area contributed by atoms with Crippen LogP contribution in [0, 0.1) is 0 Å². The van der Waals surface area contributed by atoms with Gasteiger partial charge in [-0.2, -0.15) is 18.2 Å². The van der Waals surface area contributed by atoms with Crippen molar-refractivity contribution < 1.29 is 17.9 Å². The molecule has 1 aliphatic heterocycles. The summed E-state index contributed by atoms with van der Waals surface area (Å²) in [6.45, 7) is 4.50. The van der Waals surface area contributed by atoms with E-state index in [0.29, 0.717) is 34.4 Å². The molecule has 1 fully saturated rings. The van der Waals surface area contributed by atoms with E-state index in [1.165, 1.54) is 23.0 Å². The van der Waals surface area contributed by atoms with Crippen molar-refractivity contribution in [2.45, 2.75) is 31.6 Å². The number of piperidine rings is 1. The predicted molar refractivity (Wildman–Crippen MR) is 142 cm³/mol. The van der Waals surface area contributed by atoms with E-state index in [2.05, 4.69) is 32.5 Å². The Morgan fingerprint density at radius 3 is 2.62 bits per heavy atom. The number of fused-ring (bicyclic) bond motifs is 1. The van der Waals surface area contributed by atoms with Crippen LogP contribution in [0.15, 0.2) is 66.1 Å². The topological polar surface area (TPSA) is 111 Å². The number of benzene rings is 1. The molecule has 1 aromatic carbocycles. The van der Waals surface area contributed by atoms with Crippen molar-refractivity contribution in [3.63, 3.8) is 0 Å². The molecule has 0 radical (unpaired) electrons. The fourth-order valence-corrected chi connectivity index (χ4v) is 4.33. The van der Waals surface area contributed by atoms with Gasteiger partial charge in [0.25, 0.3) is 5.56 Å². The lowest BCUT2D eigenvalue weighted by Gasteiger charge is -2.24. The van der Waals surface area contributed by atoms with E-state index >= 15 is 0 Å². The number of nitrogens with zero attached hydrogens (tertiary/aromatic N) is 5. The zero-order valence-corrected chi connectivity index (χ0v) is 20.9. The van der Waals surface area contributed by atoms with Crippen LogP contribution in [-0.2, 0) is 6.54 Å². The number of aromatic nitrogens is 5. The van der Waals surface area contributed by atoms with Crippen LogP contribution in [0.2, 0.25) is 0 Å². The highest BCUT2D eigenvalue weighted by atomic mass is 19.4. The molecule has 0 aliphatic carbocycles. The molecule has 0 unspecified atom stereocenters. The summed E-state index contributed by atoms with van der Waals surface area (Å²) in [4.78, 5) is 26.8. The summed E-state index contributed by atoms with van der Waals surface area (Å²) in [5.41, 5.74) is 0.580. The fraction of sp³-hybridized carbons (Fsp3) is 0.308. The minimum atomic E-state index is -4.42. The van der Waals surface area contributed by atoms with E-state index in [0.717, 1.165) is 25.9 Å². The molecule has 3 N–H and O–H groups in total. The number of hydrogen-bond donors (Lipinski definition) is 3. The first kappa shape index (κ1) is 26.2. The van der Waals surface area contributed by atoms with Gasteiger partial charge >= 0.3 is 6.18 Å². The molecule has 4 heterocycles. The monoisotopic (exact) mass is 540 g/mol. The molecule has 3 aromatic heterocycles. The molecule has 0 bridgehead atoms. The lowest BCUT2D eigenvalue weighted by molar-refractivity contribution is -0.153. The molecule has 0 amide bonds. The molecule has 0 spiro atoms. The van der Waals surface area contributed by atoms with Gasteiger partial charge in [0.15, 0.2) is 18.1 Å².